The van der Waals surface area contributed by atoms with Gasteiger partial charge in [-0.15, -0.1) is 0 Å². The molecule has 2 atom stereocenters. The largest absolute Gasteiger partial charge is 1.00 e. The predicted octanol–water partition coefficient (Wildman–Crippen LogP) is -2.32. The Bertz CT molecular complexity index is 796. The zero-order chi connectivity index (χ0) is 35.0. The summed E-state index contributed by atoms with van der Waals surface area (Å²) in [6.45, 7) is 4.39. The summed E-state index contributed by atoms with van der Waals surface area (Å²) in [6, 6.07) is -2.19. The van der Waals surface area contributed by atoms with Crippen LogP contribution in [-0.4, -0.2) is 47.9 Å². The van der Waals surface area contributed by atoms with Crippen LogP contribution in [0.5, 0.6) is 0 Å². The van der Waals surface area contributed by atoms with Gasteiger partial charge in [0.25, 0.3) is 0 Å². The molecule has 0 aliphatic carbocycles. The molecule has 0 bridgehead atoms. The summed E-state index contributed by atoms with van der Waals surface area (Å²) in [4.78, 5) is 66.4. The van der Waals surface area contributed by atoms with E-state index in [2.05, 4.69) is 23.3 Å². The molecule has 0 radical (unpaired) electrons. The number of aliphatic carboxylic acids is 2. The molecule has 0 amide bonds. The Balaban J connectivity index is -0.000000387. The zero-order valence-electron chi connectivity index (χ0n) is 30.4. The first-order valence-corrected chi connectivity index (χ1v) is 17.3. The van der Waals surface area contributed by atoms with Crippen molar-refractivity contribution in [3.8, 4) is 0 Å². The van der Waals surface area contributed by atoms with Crippen molar-refractivity contribution in [2.24, 2.45) is 11.5 Å². The number of hydrogen-bond donors (Lipinski definition) is 2. The summed E-state index contributed by atoms with van der Waals surface area (Å²) >= 11 is 0. The van der Waals surface area contributed by atoms with Crippen molar-refractivity contribution in [3.05, 3.63) is 0 Å². The first-order valence-electron chi connectivity index (χ1n) is 17.3. The van der Waals surface area contributed by atoms with Gasteiger partial charge in [0.1, 0.15) is 12.1 Å². The minimum Gasteiger partial charge on any atom is -0.550 e. The Morgan fingerprint density at radius 1 is 0.479 bits per heavy atom. The molecule has 0 aromatic rings. The molecule has 0 spiro atoms. The van der Waals surface area contributed by atoms with Crippen LogP contribution in [0.1, 0.15) is 168 Å². The molecular formula is C34H60KN2NaO10. The monoisotopic (exact) mass is 718 g/mol. The smallest absolute Gasteiger partial charge is 0.550 e. The van der Waals surface area contributed by atoms with Gasteiger partial charge in [0.2, 0.25) is 0 Å². The molecule has 0 fully saturated rings. The summed E-state index contributed by atoms with van der Waals surface area (Å²) in [5.74, 6) is -5.49. The molecule has 0 aliphatic heterocycles. The molecule has 0 heterocycles. The van der Waals surface area contributed by atoms with E-state index in [1.54, 1.807) is 0 Å². The van der Waals surface area contributed by atoms with E-state index in [1.165, 1.54) is 77.0 Å². The third-order valence-electron chi connectivity index (χ3n) is 7.32. The van der Waals surface area contributed by atoms with Crippen LogP contribution in [0.4, 0.5) is 0 Å². The van der Waals surface area contributed by atoms with Crippen LogP contribution in [0.2, 0.25) is 0 Å². The van der Waals surface area contributed by atoms with Gasteiger partial charge in [-0.25, -0.2) is 9.59 Å². The summed E-state index contributed by atoms with van der Waals surface area (Å²) < 4.78 is 9.20. The van der Waals surface area contributed by atoms with E-state index in [0.29, 0.717) is 12.8 Å². The van der Waals surface area contributed by atoms with Crippen molar-refractivity contribution in [2.45, 2.75) is 180 Å². The number of hydrogen-bond acceptors (Lipinski definition) is 12. The number of esters is 4. The summed E-state index contributed by atoms with van der Waals surface area (Å²) in [6.07, 6.45) is 20.0. The normalized spacial score (nSPS) is 11.4. The van der Waals surface area contributed by atoms with Gasteiger partial charge >= 0.3 is 105 Å². The number of carbonyl (C=O) groups is 6. The third kappa shape index (κ3) is 40.2. The molecule has 4 N–H and O–H groups in total. The molecule has 0 saturated heterocycles. The fourth-order valence-electron chi connectivity index (χ4n) is 4.42. The number of carboxylic acids is 2. The van der Waals surface area contributed by atoms with Crippen molar-refractivity contribution in [3.63, 3.8) is 0 Å². The van der Waals surface area contributed by atoms with E-state index < -0.39 is 47.9 Å². The summed E-state index contributed by atoms with van der Waals surface area (Å²) in [7, 11) is 0. The first kappa shape index (κ1) is 54.5. The minimum absolute atomic E-state index is 0. The second kappa shape index (κ2) is 39.6. The van der Waals surface area contributed by atoms with Gasteiger partial charge in [0.05, 0.1) is 0 Å². The second-order valence-corrected chi connectivity index (χ2v) is 11.8. The van der Waals surface area contributed by atoms with Gasteiger partial charge in [0, 0.05) is 24.8 Å². The second-order valence-electron chi connectivity index (χ2n) is 11.8. The number of carboxylic acid groups (broad SMARTS) is 2. The Hall–Kier alpha value is -0.224. The van der Waals surface area contributed by atoms with E-state index in [-0.39, 0.29) is 119 Å². The molecule has 12 nitrogen and oxygen atoms in total. The van der Waals surface area contributed by atoms with Crippen LogP contribution in [0.3, 0.4) is 0 Å². The molecule has 0 aliphatic rings. The van der Waals surface area contributed by atoms with Crippen molar-refractivity contribution in [2.75, 3.05) is 0 Å². The van der Waals surface area contributed by atoms with Crippen LogP contribution in [-0.2, 0) is 38.2 Å². The maximum Gasteiger partial charge on any atom is 1.00 e. The molecule has 0 rings (SSSR count). The standard InChI is InChI=1S/2C17H31NO5.K.Na/c2*1-2-3-4-5-6-7-8-9-10-11-16(21)23-17(22)14(18)12-13-15(19)20;;/h2*14H,2-13,18H2,1H3,(H,19,20);;/q;;2*+1/p-2. The summed E-state index contributed by atoms with van der Waals surface area (Å²) in [5.41, 5.74) is 10.9. The van der Waals surface area contributed by atoms with Crippen LogP contribution >= 0.6 is 0 Å². The molecule has 14 heteroatoms. The van der Waals surface area contributed by atoms with E-state index in [0.717, 1.165) is 25.7 Å². The van der Waals surface area contributed by atoms with E-state index in [9.17, 15) is 39.0 Å². The van der Waals surface area contributed by atoms with Crippen molar-refractivity contribution < 1.29 is 129 Å². The molecule has 0 aromatic carbocycles. The Labute approximate surface area is 353 Å². The van der Waals surface area contributed by atoms with Gasteiger partial charge in [-0.2, -0.15) is 0 Å². The Morgan fingerprint density at radius 3 is 0.979 bits per heavy atom. The average molecular weight is 719 g/mol. The quantitative estimate of drug-likeness (QED) is 0.0377. The molecule has 268 valence electrons. The number of unbranched alkanes of at least 4 members (excludes halogenated alkanes) is 16. The predicted molar refractivity (Wildman–Crippen MR) is 170 cm³/mol. The SMILES string of the molecule is CCCCCCCCCCCC(=O)OC(=O)C(N)CCC(=O)[O-].CCCCCCCCCCCC(=O)OC(=O)C(N)CCC(=O)[O-].[K+].[Na+]. The van der Waals surface area contributed by atoms with Crippen molar-refractivity contribution >= 4 is 35.8 Å². The Kier molecular flexibility index (Phi) is 45.0. The minimum atomic E-state index is -1.28. The van der Waals surface area contributed by atoms with Gasteiger partial charge in [-0.1, -0.05) is 117 Å². The van der Waals surface area contributed by atoms with Crippen LogP contribution < -0.4 is 103 Å². The first-order chi connectivity index (χ1) is 21.9. The van der Waals surface area contributed by atoms with Gasteiger partial charge in [-0.05, 0) is 38.5 Å². The topological polar surface area (TPSA) is 219 Å². The molecule has 0 aromatic heterocycles. The molecular weight excluding hydrogens is 658 g/mol. The fourth-order valence-corrected chi connectivity index (χ4v) is 4.42. The molecule has 0 saturated carbocycles. The van der Waals surface area contributed by atoms with Crippen molar-refractivity contribution in [1.82, 2.24) is 0 Å². The average Bonchev–Trinajstić information content (AvgIpc) is 3.00. The van der Waals surface area contributed by atoms with Gasteiger partial charge in [0.15, 0.2) is 0 Å². The van der Waals surface area contributed by atoms with Crippen LogP contribution in [0.25, 0.3) is 0 Å². The fraction of sp³-hybridized carbons (Fsp3) is 0.824. The number of nitrogens with two attached hydrogens (primary N) is 2. The molecule has 2 unspecified atom stereocenters. The number of carbonyl (C=O) groups excluding carboxylic acids is 6. The zero-order valence-corrected chi connectivity index (χ0v) is 35.5. The summed E-state index contributed by atoms with van der Waals surface area (Å²) in [5, 5.41) is 20.5. The number of ether oxygens (including phenoxy) is 2. The van der Waals surface area contributed by atoms with Crippen LogP contribution in [0, 0.1) is 0 Å². The van der Waals surface area contributed by atoms with Gasteiger partial charge in [-0.3, -0.25) is 9.59 Å². The van der Waals surface area contributed by atoms with E-state index >= 15 is 0 Å². The van der Waals surface area contributed by atoms with Crippen molar-refractivity contribution in [1.29, 1.82) is 0 Å². The number of rotatable bonds is 28. The maximum absolute atomic E-state index is 11.5. The maximum atomic E-state index is 11.5. The van der Waals surface area contributed by atoms with E-state index in [1.807, 2.05) is 0 Å². The van der Waals surface area contributed by atoms with E-state index in [4.69, 9.17) is 11.5 Å². The molecule has 48 heavy (non-hydrogen) atoms. The third-order valence-corrected chi connectivity index (χ3v) is 7.32. The van der Waals surface area contributed by atoms with Gasteiger partial charge < -0.3 is 40.7 Å². The van der Waals surface area contributed by atoms with Crippen LogP contribution in [0.15, 0.2) is 0 Å². The Morgan fingerprint density at radius 2 is 0.729 bits per heavy atom.